The van der Waals surface area contributed by atoms with Crippen molar-refractivity contribution < 1.29 is 9.21 Å². The molecule has 7 heteroatoms. The van der Waals surface area contributed by atoms with Crippen molar-refractivity contribution >= 4 is 34.1 Å². The number of nitrogens with zero attached hydrogens (tertiary/aromatic N) is 2. The minimum atomic E-state index is -0.226. The Morgan fingerprint density at radius 3 is 2.62 bits per heavy atom. The van der Waals surface area contributed by atoms with Crippen LogP contribution in [0.2, 0.25) is 0 Å². The zero-order valence-electron chi connectivity index (χ0n) is 13.6. The van der Waals surface area contributed by atoms with Crippen LogP contribution < -0.4 is 5.32 Å². The summed E-state index contributed by atoms with van der Waals surface area (Å²) in [6, 6.07) is 10.1. The lowest BCUT2D eigenvalue weighted by Gasteiger charge is -1.99. The lowest BCUT2D eigenvalue weighted by Crippen LogP contribution is -2.11. The number of benzene rings is 1. The van der Waals surface area contributed by atoms with E-state index in [1.165, 1.54) is 22.5 Å². The predicted molar refractivity (Wildman–Crippen MR) is 96.8 cm³/mol. The predicted octanol–water partition coefficient (Wildman–Crippen LogP) is 4.60. The van der Waals surface area contributed by atoms with Crippen LogP contribution in [-0.2, 0) is 5.75 Å². The van der Waals surface area contributed by atoms with Crippen molar-refractivity contribution in [3.8, 4) is 0 Å². The first-order chi connectivity index (χ1) is 11.5. The fourth-order valence-corrected chi connectivity index (χ4v) is 3.87. The molecule has 0 saturated carbocycles. The molecule has 0 spiro atoms. The zero-order valence-corrected chi connectivity index (χ0v) is 15.3. The number of aromatic nitrogens is 2. The molecular formula is C17H17N3O2S2. The Balaban J connectivity index is 1.60. The van der Waals surface area contributed by atoms with E-state index < -0.39 is 0 Å². The second-order valence-electron chi connectivity index (χ2n) is 5.43. The van der Waals surface area contributed by atoms with Gasteiger partial charge in [0.1, 0.15) is 11.5 Å². The molecule has 1 amide bonds. The molecule has 24 heavy (non-hydrogen) atoms. The Morgan fingerprint density at radius 2 is 1.96 bits per heavy atom. The summed E-state index contributed by atoms with van der Waals surface area (Å²) in [5, 5.41) is 11.4. The number of hydrogen-bond acceptors (Lipinski definition) is 6. The van der Waals surface area contributed by atoms with Crippen LogP contribution >= 0.6 is 23.1 Å². The number of thioether (sulfide) groups is 1. The van der Waals surface area contributed by atoms with Gasteiger partial charge < -0.3 is 4.42 Å². The lowest BCUT2D eigenvalue weighted by molar-refractivity contribution is 0.102. The molecule has 3 rings (SSSR count). The molecule has 2 heterocycles. The smallest absolute Gasteiger partial charge is 0.261 e. The van der Waals surface area contributed by atoms with Crippen molar-refractivity contribution in [3.05, 3.63) is 58.5 Å². The van der Waals surface area contributed by atoms with Crippen molar-refractivity contribution in [3.63, 3.8) is 0 Å². The number of furan rings is 1. The summed E-state index contributed by atoms with van der Waals surface area (Å²) in [5.41, 5.74) is 3.00. The minimum Gasteiger partial charge on any atom is -0.466 e. The number of amides is 1. The molecule has 0 saturated heterocycles. The van der Waals surface area contributed by atoms with Gasteiger partial charge in [0.25, 0.3) is 5.91 Å². The quantitative estimate of drug-likeness (QED) is 0.532. The summed E-state index contributed by atoms with van der Waals surface area (Å²) in [7, 11) is 0. The lowest BCUT2D eigenvalue weighted by atomic mass is 10.2. The number of hydrogen-bond donors (Lipinski definition) is 1. The summed E-state index contributed by atoms with van der Waals surface area (Å²) in [4.78, 5) is 12.2. The van der Waals surface area contributed by atoms with Crippen LogP contribution in [0.1, 0.15) is 33.0 Å². The van der Waals surface area contributed by atoms with Gasteiger partial charge in [-0.2, -0.15) is 0 Å². The SMILES string of the molecule is Cc1ccc(CSc2nnc(NC(=O)c3cc(C)oc3C)s2)cc1. The van der Waals surface area contributed by atoms with Gasteiger partial charge in [0.05, 0.1) is 5.56 Å². The molecule has 0 fully saturated rings. The van der Waals surface area contributed by atoms with Crippen molar-refractivity contribution in [2.75, 3.05) is 5.32 Å². The fourth-order valence-electron chi connectivity index (χ4n) is 2.17. The third-order valence-corrected chi connectivity index (χ3v) is 5.44. The maximum absolute atomic E-state index is 12.2. The van der Waals surface area contributed by atoms with Crippen molar-refractivity contribution in [2.45, 2.75) is 30.9 Å². The first-order valence-corrected chi connectivity index (χ1v) is 9.21. The molecule has 0 unspecified atom stereocenters. The van der Waals surface area contributed by atoms with Gasteiger partial charge in [-0.3, -0.25) is 10.1 Å². The fraction of sp³-hybridized carbons (Fsp3) is 0.235. The Hall–Kier alpha value is -2.12. The third-order valence-electron chi connectivity index (χ3n) is 3.40. The molecule has 124 valence electrons. The van der Waals surface area contributed by atoms with Crippen molar-refractivity contribution in [1.82, 2.24) is 10.2 Å². The maximum atomic E-state index is 12.2. The van der Waals surface area contributed by atoms with Crippen LogP contribution in [0.3, 0.4) is 0 Å². The average molecular weight is 359 g/mol. The molecule has 1 N–H and O–H groups in total. The molecule has 2 aromatic heterocycles. The molecule has 0 aliphatic rings. The topological polar surface area (TPSA) is 68.0 Å². The van der Waals surface area contributed by atoms with E-state index in [-0.39, 0.29) is 5.91 Å². The molecule has 0 bridgehead atoms. The van der Waals surface area contributed by atoms with Crippen molar-refractivity contribution in [2.24, 2.45) is 0 Å². The minimum absolute atomic E-state index is 0.226. The van der Waals surface area contributed by atoms with Gasteiger partial charge in [0.2, 0.25) is 5.13 Å². The third kappa shape index (κ3) is 4.04. The summed E-state index contributed by atoms with van der Waals surface area (Å²) in [6.45, 7) is 5.65. The summed E-state index contributed by atoms with van der Waals surface area (Å²) in [6.07, 6.45) is 0. The normalized spacial score (nSPS) is 10.8. The number of rotatable bonds is 5. The maximum Gasteiger partial charge on any atom is 0.261 e. The highest BCUT2D eigenvalue weighted by Gasteiger charge is 2.15. The monoisotopic (exact) mass is 359 g/mol. The Morgan fingerprint density at radius 1 is 1.21 bits per heavy atom. The second-order valence-corrected chi connectivity index (χ2v) is 7.63. The van der Waals surface area contributed by atoms with Crippen LogP contribution in [0, 0.1) is 20.8 Å². The summed E-state index contributed by atoms with van der Waals surface area (Å²) in [5.74, 6) is 1.91. The average Bonchev–Trinajstić information content (AvgIpc) is 3.12. The van der Waals surface area contributed by atoms with E-state index in [2.05, 4.69) is 46.7 Å². The molecule has 1 aromatic carbocycles. The molecule has 0 atom stereocenters. The summed E-state index contributed by atoms with van der Waals surface area (Å²) >= 11 is 2.97. The Labute approximate surface area is 148 Å². The molecule has 3 aromatic rings. The van der Waals surface area contributed by atoms with Crippen molar-refractivity contribution in [1.29, 1.82) is 0 Å². The molecular weight excluding hydrogens is 342 g/mol. The number of nitrogens with one attached hydrogen (secondary N) is 1. The molecule has 5 nitrogen and oxygen atoms in total. The number of carbonyl (C=O) groups is 1. The molecule has 0 radical (unpaired) electrons. The standard InChI is InChI=1S/C17H17N3O2S2/c1-10-4-6-13(7-5-10)9-23-17-20-19-16(24-17)18-15(21)14-8-11(2)22-12(14)3/h4-8H,9H2,1-3H3,(H,18,19,21). The number of aryl methyl sites for hydroxylation is 3. The van der Waals surface area contributed by atoms with Gasteiger partial charge >= 0.3 is 0 Å². The van der Waals surface area contributed by atoms with E-state index in [1.807, 2.05) is 6.92 Å². The van der Waals surface area contributed by atoms with Crippen LogP contribution in [0.4, 0.5) is 5.13 Å². The van der Waals surface area contributed by atoms with E-state index >= 15 is 0 Å². The highest BCUT2D eigenvalue weighted by atomic mass is 32.2. The first kappa shape index (κ1) is 16.7. The first-order valence-electron chi connectivity index (χ1n) is 7.41. The van der Waals surface area contributed by atoms with Crippen LogP contribution in [0.5, 0.6) is 0 Å². The van der Waals surface area contributed by atoms with E-state index in [0.29, 0.717) is 22.2 Å². The van der Waals surface area contributed by atoms with Gasteiger partial charge in [0.15, 0.2) is 4.34 Å². The number of anilines is 1. The van der Waals surface area contributed by atoms with Crippen LogP contribution in [-0.4, -0.2) is 16.1 Å². The highest BCUT2D eigenvalue weighted by molar-refractivity contribution is 8.00. The largest absolute Gasteiger partial charge is 0.466 e. The second kappa shape index (κ2) is 7.19. The van der Waals surface area contributed by atoms with Gasteiger partial charge in [-0.25, -0.2) is 0 Å². The van der Waals surface area contributed by atoms with E-state index in [9.17, 15) is 4.79 Å². The van der Waals surface area contributed by atoms with Crippen LogP contribution in [0.25, 0.3) is 0 Å². The molecule has 0 aliphatic carbocycles. The molecule has 0 aliphatic heterocycles. The van der Waals surface area contributed by atoms with Gasteiger partial charge in [-0.1, -0.05) is 52.9 Å². The van der Waals surface area contributed by atoms with Gasteiger partial charge in [0, 0.05) is 5.75 Å². The van der Waals surface area contributed by atoms with Gasteiger partial charge in [-0.15, -0.1) is 10.2 Å². The van der Waals surface area contributed by atoms with E-state index in [4.69, 9.17) is 4.42 Å². The van der Waals surface area contributed by atoms with E-state index in [1.54, 1.807) is 24.8 Å². The van der Waals surface area contributed by atoms with Gasteiger partial charge in [-0.05, 0) is 32.4 Å². The van der Waals surface area contributed by atoms with E-state index in [0.717, 1.165) is 10.1 Å². The number of carbonyl (C=O) groups excluding carboxylic acids is 1. The Bertz CT molecular complexity index is 853. The summed E-state index contributed by atoms with van der Waals surface area (Å²) < 4.78 is 6.20. The Kier molecular flexibility index (Phi) is 5.01. The highest BCUT2D eigenvalue weighted by Crippen LogP contribution is 2.28. The van der Waals surface area contributed by atoms with Crippen LogP contribution in [0.15, 0.2) is 39.1 Å². The zero-order chi connectivity index (χ0) is 17.1.